The normalized spacial score (nSPS) is 14.9. The number of hydrogen-bond acceptors (Lipinski definition) is 5. The highest BCUT2D eigenvalue weighted by Crippen LogP contribution is 2.30. The highest BCUT2D eigenvalue weighted by molar-refractivity contribution is 7.89. The van der Waals surface area contributed by atoms with Crippen LogP contribution in [-0.4, -0.2) is 45.5 Å². The van der Waals surface area contributed by atoms with E-state index in [-0.39, 0.29) is 22.8 Å². The lowest BCUT2D eigenvalue weighted by Gasteiger charge is -2.18. The first-order valence-electron chi connectivity index (χ1n) is 8.91. The number of rotatable bonds is 7. The van der Waals surface area contributed by atoms with Crippen LogP contribution in [0.2, 0.25) is 0 Å². The Morgan fingerprint density at radius 2 is 1.78 bits per heavy atom. The third kappa shape index (κ3) is 4.48. The van der Waals surface area contributed by atoms with Crippen LogP contribution in [0, 0.1) is 0 Å². The zero-order chi connectivity index (χ0) is 19.3. The average Bonchev–Trinajstić information content (AvgIpc) is 3.24. The van der Waals surface area contributed by atoms with Gasteiger partial charge in [-0.15, -0.1) is 0 Å². The SMILES string of the molecule is COc1ccc(C(=O)OCCc2ccccc2)cc1S(=O)(=O)N1CCCC1. The Kier molecular flexibility index (Phi) is 6.13. The van der Waals surface area contributed by atoms with Gasteiger partial charge in [0.25, 0.3) is 0 Å². The lowest BCUT2D eigenvalue weighted by atomic mass is 10.2. The first kappa shape index (κ1) is 19.4. The van der Waals surface area contributed by atoms with Gasteiger partial charge in [0.1, 0.15) is 10.6 Å². The molecule has 6 nitrogen and oxygen atoms in total. The van der Waals surface area contributed by atoms with Crippen molar-refractivity contribution in [3.8, 4) is 5.75 Å². The van der Waals surface area contributed by atoms with Gasteiger partial charge in [-0.25, -0.2) is 13.2 Å². The number of benzene rings is 2. The minimum Gasteiger partial charge on any atom is -0.495 e. The van der Waals surface area contributed by atoms with Gasteiger partial charge in [0.2, 0.25) is 10.0 Å². The molecule has 1 aliphatic rings. The van der Waals surface area contributed by atoms with Crippen molar-refractivity contribution in [2.24, 2.45) is 0 Å². The molecule has 0 N–H and O–H groups in total. The maximum Gasteiger partial charge on any atom is 0.338 e. The molecule has 0 saturated carbocycles. The summed E-state index contributed by atoms with van der Waals surface area (Å²) < 4.78 is 37.7. The van der Waals surface area contributed by atoms with Crippen LogP contribution in [0.1, 0.15) is 28.8 Å². The predicted octanol–water partition coefficient (Wildman–Crippen LogP) is 2.88. The van der Waals surface area contributed by atoms with Gasteiger partial charge in [0, 0.05) is 19.5 Å². The molecule has 2 aromatic rings. The second kappa shape index (κ2) is 8.54. The van der Waals surface area contributed by atoms with Gasteiger partial charge < -0.3 is 9.47 Å². The van der Waals surface area contributed by atoms with Crippen molar-refractivity contribution < 1.29 is 22.7 Å². The number of hydrogen-bond donors (Lipinski definition) is 0. The van der Waals surface area contributed by atoms with Gasteiger partial charge in [-0.05, 0) is 36.6 Å². The second-order valence-electron chi connectivity index (χ2n) is 6.35. The summed E-state index contributed by atoms with van der Waals surface area (Å²) in [6.45, 7) is 1.19. The van der Waals surface area contributed by atoms with Crippen LogP contribution in [-0.2, 0) is 21.2 Å². The number of carbonyl (C=O) groups excluding carboxylic acids is 1. The molecule has 0 aromatic heterocycles. The number of nitrogens with zero attached hydrogens (tertiary/aromatic N) is 1. The lowest BCUT2D eigenvalue weighted by Crippen LogP contribution is -2.28. The summed E-state index contributed by atoms with van der Waals surface area (Å²) >= 11 is 0. The highest BCUT2D eigenvalue weighted by atomic mass is 32.2. The molecule has 27 heavy (non-hydrogen) atoms. The highest BCUT2D eigenvalue weighted by Gasteiger charge is 2.30. The first-order chi connectivity index (χ1) is 13.0. The fraction of sp³-hybridized carbons (Fsp3) is 0.350. The van der Waals surface area contributed by atoms with E-state index in [1.165, 1.54) is 29.6 Å². The van der Waals surface area contributed by atoms with E-state index < -0.39 is 16.0 Å². The summed E-state index contributed by atoms with van der Waals surface area (Å²) in [6, 6.07) is 14.1. The van der Waals surface area contributed by atoms with E-state index in [4.69, 9.17) is 9.47 Å². The van der Waals surface area contributed by atoms with E-state index in [0.717, 1.165) is 18.4 Å². The fourth-order valence-electron chi connectivity index (χ4n) is 3.06. The summed E-state index contributed by atoms with van der Waals surface area (Å²) in [5.74, 6) is -0.325. The van der Waals surface area contributed by atoms with E-state index >= 15 is 0 Å². The van der Waals surface area contributed by atoms with Crippen LogP contribution >= 0.6 is 0 Å². The van der Waals surface area contributed by atoms with Gasteiger partial charge >= 0.3 is 5.97 Å². The number of sulfonamides is 1. The molecule has 0 radical (unpaired) electrons. The number of ether oxygens (including phenoxy) is 2. The minimum atomic E-state index is -3.70. The zero-order valence-corrected chi connectivity index (χ0v) is 16.1. The van der Waals surface area contributed by atoms with Crippen molar-refractivity contribution in [1.82, 2.24) is 4.31 Å². The molecular weight excluding hydrogens is 366 g/mol. The Bertz CT molecular complexity index is 890. The Morgan fingerprint density at radius 1 is 1.07 bits per heavy atom. The van der Waals surface area contributed by atoms with Gasteiger partial charge in [0.05, 0.1) is 19.3 Å². The molecule has 3 rings (SSSR count). The Hall–Kier alpha value is -2.38. The van der Waals surface area contributed by atoms with Crippen molar-refractivity contribution in [3.63, 3.8) is 0 Å². The van der Waals surface area contributed by atoms with Crippen molar-refractivity contribution in [3.05, 3.63) is 59.7 Å². The van der Waals surface area contributed by atoms with E-state index in [1.54, 1.807) is 0 Å². The molecule has 144 valence electrons. The molecule has 2 aromatic carbocycles. The molecule has 1 aliphatic heterocycles. The Labute approximate surface area is 159 Å². The van der Waals surface area contributed by atoms with Gasteiger partial charge in [-0.1, -0.05) is 30.3 Å². The van der Waals surface area contributed by atoms with Crippen LogP contribution < -0.4 is 4.74 Å². The van der Waals surface area contributed by atoms with E-state index in [1.807, 2.05) is 30.3 Å². The van der Waals surface area contributed by atoms with Crippen molar-refractivity contribution in [2.75, 3.05) is 26.8 Å². The molecule has 1 heterocycles. The average molecular weight is 389 g/mol. The molecule has 0 spiro atoms. The molecule has 0 aliphatic carbocycles. The van der Waals surface area contributed by atoms with Crippen LogP contribution in [0.4, 0.5) is 0 Å². The van der Waals surface area contributed by atoms with Crippen LogP contribution in [0.25, 0.3) is 0 Å². The van der Waals surface area contributed by atoms with Crippen molar-refractivity contribution >= 4 is 16.0 Å². The predicted molar refractivity (Wildman–Crippen MR) is 101 cm³/mol. The summed E-state index contributed by atoms with van der Waals surface area (Å²) in [6.07, 6.45) is 2.27. The van der Waals surface area contributed by atoms with E-state index in [0.29, 0.717) is 19.5 Å². The van der Waals surface area contributed by atoms with E-state index in [9.17, 15) is 13.2 Å². The molecule has 1 saturated heterocycles. The fourth-order valence-corrected chi connectivity index (χ4v) is 4.76. The molecule has 0 amide bonds. The number of carbonyl (C=O) groups is 1. The van der Waals surface area contributed by atoms with Crippen molar-refractivity contribution in [2.45, 2.75) is 24.2 Å². The molecule has 0 atom stereocenters. The molecule has 0 unspecified atom stereocenters. The van der Waals surface area contributed by atoms with Gasteiger partial charge in [0.15, 0.2) is 0 Å². The number of methoxy groups -OCH3 is 1. The van der Waals surface area contributed by atoms with Crippen LogP contribution in [0.3, 0.4) is 0 Å². The molecule has 1 fully saturated rings. The summed E-state index contributed by atoms with van der Waals surface area (Å²) in [5, 5.41) is 0. The van der Waals surface area contributed by atoms with E-state index in [2.05, 4.69) is 0 Å². The smallest absolute Gasteiger partial charge is 0.338 e. The Morgan fingerprint density at radius 3 is 2.44 bits per heavy atom. The largest absolute Gasteiger partial charge is 0.495 e. The van der Waals surface area contributed by atoms with Crippen molar-refractivity contribution in [1.29, 1.82) is 0 Å². The zero-order valence-electron chi connectivity index (χ0n) is 15.3. The summed E-state index contributed by atoms with van der Waals surface area (Å²) in [7, 11) is -2.29. The summed E-state index contributed by atoms with van der Waals surface area (Å²) in [4.78, 5) is 12.4. The maximum absolute atomic E-state index is 12.9. The summed E-state index contributed by atoms with van der Waals surface area (Å²) in [5.41, 5.74) is 1.26. The van der Waals surface area contributed by atoms with Gasteiger partial charge in [-0.2, -0.15) is 4.31 Å². The van der Waals surface area contributed by atoms with Crippen LogP contribution in [0.5, 0.6) is 5.75 Å². The van der Waals surface area contributed by atoms with Gasteiger partial charge in [-0.3, -0.25) is 0 Å². The molecule has 7 heteroatoms. The topological polar surface area (TPSA) is 72.9 Å². The quantitative estimate of drug-likeness (QED) is 0.681. The molecule has 0 bridgehead atoms. The first-order valence-corrected chi connectivity index (χ1v) is 10.4. The van der Waals surface area contributed by atoms with Crippen LogP contribution in [0.15, 0.2) is 53.4 Å². The standard InChI is InChI=1S/C20H23NO5S/c1-25-18-10-9-17(15-19(18)27(23,24)21-12-5-6-13-21)20(22)26-14-11-16-7-3-2-4-8-16/h2-4,7-10,15H,5-6,11-14H2,1H3. The third-order valence-electron chi connectivity index (χ3n) is 4.55. The lowest BCUT2D eigenvalue weighted by molar-refractivity contribution is 0.0509. The maximum atomic E-state index is 12.9. The third-order valence-corrected chi connectivity index (χ3v) is 6.47. The minimum absolute atomic E-state index is 0.00408. The number of esters is 1. The second-order valence-corrected chi connectivity index (χ2v) is 8.25. The molecular formula is C20H23NO5S. The Balaban J connectivity index is 1.75. The monoisotopic (exact) mass is 389 g/mol.